The van der Waals surface area contributed by atoms with Crippen LogP contribution in [0.25, 0.3) is 0 Å². The van der Waals surface area contributed by atoms with Gasteiger partial charge in [-0.05, 0) is 32.8 Å². The molecule has 1 saturated carbocycles. The van der Waals surface area contributed by atoms with Crippen molar-refractivity contribution in [2.24, 2.45) is 0 Å². The normalized spacial score (nSPS) is 15.0. The fourth-order valence-electron chi connectivity index (χ4n) is 3.86. The maximum absolute atomic E-state index is 14.0. The first kappa shape index (κ1) is 17.7. The van der Waals surface area contributed by atoms with E-state index < -0.39 is 5.97 Å². The Balaban J connectivity index is 1.91. The van der Waals surface area contributed by atoms with Crippen molar-refractivity contribution in [2.45, 2.75) is 58.7 Å². The highest BCUT2D eigenvalue weighted by atomic mass is 19.1. The Morgan fingerprint density at radius 3 is 2.56 bits per heavy atom. The standard InChI is InChI=1S/C20H25FN2O2/c1-13-17(11-22-16-8-4-5-9-16)19(20(24)25)14(2)23(13)12-15-7-3-6-10-18(15)21/h3,6-7,10,16,22H,4-5,8-9,11-12H2,1-2H3,(H,24,25). The minimum atomic E-state index is -0.920. The van der Waals surface area contributed by atoms with Gasteiger partial charge in [-0.3, -0.25) is 0 Å². The van der Waals surface area contributed by atoms with E-state index in [4.69, 9.17) is 0 Å². The van der Waals surface area contributed by atoms with Gasteiger partial charge < -0.3 is 15.0 Å². The molecule has 0 radical (unpaired) electrons. The summed E-state index contributed by atoms with van der Waals surface area (Å²) in [5, 5.41) is 13.2. The minimum absolute atomic E-state index is 0.266. The van der Waals surface area contributed by atoms with Crippen LogP contribution in [-0.4, -0.2) is 21.7 Å². The molecule has 0 spiro atoms. The van der Waals surface area contributed by atoms with Crippen molar-refractivity contribution >= 4 is 5.97 Å². The third-order valence-corrected chi connectivity index (χ3v) is 5.33. The summed E-state index contributed by atoms with van der Waals surface area (Å²) in [7, 11) is 0. The molecule has 3 rings (SSSR count). The van der Waals surface area contributed by atoms with Gasteiger partial charge in [-0.25, -0.2) is 9.18 Å². The highest BCUT2D eigenvalue weighted by molar-refractivity contribution is 5.91. The summed E-state index contributed by atoms with van der Waals surface area (Å²) in [5.41, 5.74) is 3.30. The molecule has 0 amide bonds. The molecule has 0 aliphatic heterocycles. The first-order valence-electron chi connectivity index (χ1n) is 8.87. The molecule has 0 saturated heterocycles. The SMILES string of the molecule is Cc1c(CNC2CCCC2)c(C(=O)O)c(C)n1Cc1ccccc1F. The van der Waals surface area contributed by atoms with Crippen LogP contribution in [0, 0.1) is 19.7 Å². The van der Waals surface area contributed by atoms with E-state index in [1.165, 1.54) is 18.9 Å². The zero-order chi connectivity index (χ0) is 18.0. The summed E-state index contributed by atoms with van der Waals surface area (Å²) in [5.74, 6) is -1.19. The van der Waals surface area contributed by atoms with Crippen molar-refractivity contribution < 1.29 is 14.3 Å². The number of nitrogens with one attached hydrogen (secondary N) is 1. The van der Waals surface area contributed by atoms with Crippen molar-refractivity contribution in [2.75, 3.05) is 0 Å². The Bertz CT molecular complexity index is 776. The molecule has 1 fully saturated rings. The summed E-state index contributed by atoms with van der Waals surface area (Å²) in [4.78, 5) is 11.8. The van der Waals surface area contributed by atoms with Gasteiger partial charge in [0.05, 0.1) is 12.1 Å². The Morgan fingerprint density at radius 2 is 1.92 bits per heavy atom. The Kier molecular flexibility index (Phi) is 5.23. The number of rotatable bonds is 6. The molecular weight excluding hydrogens is 319 g/mol. The first-order chi connectivity index (χ1) is 12.0. The molecule has 1 aromatic heterocycles. The molecule has 25 heavy (non-hydrogen) atoms. The summed E-state index contributed by atoms with van der Waals surface area (Å²) in [6.07, 6.45) is 4.76. The lowest BCUT2D eigenvalue weighted by Gasteiger charge is -2.13. The summed E-state index contributed by atoms with van der Waals surface area (Å²) < 4.78 is 15.9. The van der Waals surface area contributed by atoms with Gasteiger partial charge >= 0.3 is 5.97 Å². The smallest absolute Gasteiger partial charge is 0.337 e. The number of aromatic nitrogens is 1. The Morgan fingerprint density at radius 1 is 1.24 bits per heavy atom. The lowest BCUT2D eigenvalue weighted by Crippen LogP contribution is -2.26. The molecule has 1 heterocycles. The van der Waals surface area contributed by atoms with E-state index >= 15 is 0 Å². The molecule has 1 aliphatic rings. The monoisotopic (exact) mass is 344 g/mol. The van der Waals surface area contributed by atoms with E-state index in [9.17, 15) is 14.3 Å². The number of carboxylic acids is 1. The van der Waals surface area contributed by atoms with E-state index in [-0.39, 0.29) is 5.82 Å². The van der Waals surface area contributed by atoms with Gasteiger partial charge in [0.15, 0.2) is 0 Å². The molecule has 5 heteroatoms. The largest absolute Gasteiger partial charge is 0.478 e. The molecule has 134 valence electrons. The highest BCUT2D eigenvalue weighted by Gasteiger charge is 2.24. The number of aromatic carboxylic acids is 1. The molecular formula is C20H25FN2O2. The molecule has 0 atom stereocenters. The van der Waals surface area contributed by atoms with Crippen LogP contribution in [0.5, 0.6) is 0 Å². The lowest BCUT2D eigenvalue weighted by atomic mass is 10.1. The molecule has 1 aromatic carbocycles. The van der Waals surface area contributed by atoms with Crippen LogP contribution in [0.15, 0.2) is 24.3 Å². The highest BCUT2D eigenvalue weighted by Crippen LogP contribution is 2.26. The van der Waals surface area contributed by atoms with Crippen LogP contribution in [0.1, 0.15) is 58.6 Å². The number of nitrogens with zero attached hydrogens (tertiary/aromatic N) is 1. The van der Waals surface area contributed by atoms with Crippen molar-refractivity contribution in [3.63, 3.8) is 0 Å². The van der Waals surface area contributed by atoms with Gasteiger partial charge in [0.2, 0.25) is 0 Å². The van der Waals surface area contributed by atoms with E-state index in [2.05, 4.69) is 5.32 Å². The van der Waals surface area contributed by atoms with E-state index in [1.807, 2.05) is 11.5 Å². The number of hydrogen-bond donors (Lipinski definition) is 2. The van der Waals surface area contributed by atoms with Crippen molar-refractivity contribution in [1.82, 2.24) is 9.88 Å². The minimum Gasteiger partial charge on any atom is -0.478 e. The van der Waals surface area contributed by atoms with Crippen LogP contribution in [0.3, 0.4) is 0 Å². The van der Waals surface area contributed by atoms with Crippen LogP contribution < -0.4 is 5.32 Å². The molecule has 0 unspecified atom stereocenters. The van der Waals surface area contributed by atoms with Crippen molar-refractivity contribution in [1.29, 1.82) is 0 Å². The Labute approximate surface area is 147 Å². The van der Waals surface area contributed by atoms with Gasteiger partial charge in [-0.15, -0.1) is 0 Å². The average molecular weight is 344 g/mol. The fraction of sp³-hybridized carbons (Fsp3) is 0.450. The molecule has 0 bridgehead atoms. The summed E-state index contributed by atoms with van der Waals surface area (Å²) in [6.45, 7) is 4.61. The van der Waals surface area contributed by atoms with Crippen LogP contribution in [0.4, 0.5) is 4.39 Å². The number of halogens is 1. The zero-order valence-electron chi connectivity index (χ0n) is 14.8. The van der Waals surface area contributed by atoms with Gasteiger partial charge in [0.1, 0.15) is 5.82 Å². The second kappa shape index (κ2) is 7.40. The predicted octanol–water partition coefficient (Wildman–Crippen LogP) is 4.02. The van der Waals surface area contributed by atoms with Gasteiger partial charge in [0.25, 0.3) is 0 Å². The van der Waals surface area contributed by atoms with Crippen molar-refractivity contribution in [3.8, 4) is 0 Å². The van der Waals surface area contributed by atoms with E-state index in [1.54, 1.807) is 25.1 Å². The molecule has 4 nitrogen and oxygen atoms in total. The van der Waals surface area contributed by atoms with Gasteiger partial charge in [-0.1, -0.05) is 31.0 Å². The number of hydrogen-bond acceptors (Lipinski definition) is 2. The predicted molar refractivity (Wildman–Crippen MR) is 95.5 cm³/mol. The zero-order valence-corrected chi connectivity index (χ0v) is 14.8. The maximum atomic E-state index is 14.0. The number of carboxylic acid groups (broad SMARTS) is 1. The Hall–Kier alpha value is -2.14. The van der Waals surface area contributed by atoms with E-state index in [0.717, 1.165) is 24.1 Å². The molecule has 2 N–H and O–H groups in total. The molecule has 2 aromatic rings. The average Bonchev–Trinajstić information content (AvgIpc) is 3.16. The second-order valence-electron chi connectivity index (χ2n) is 6.87. The number of carbonyl (C=O) groups is 1. The fourth-order valence-corrected chi connectivity index (χ4v) is 3.86. The lowest BCUT2D eigenvalue weighted by molar-refractivity contribution is 0.0694. The van der Waals surface area contributed by atoms with Gasteiger partial charge in [0, 0.05) is 35.1 Å². The maximum Gasteiger partial charge on any atom is 0.337 e. The van der Waals surface area contributed by atoms with Gasteiger partial charge in [-0.2, -0.15) is 0 Å². The second-order valence-corrected chi connectivity index (χ2v) is 6.87. The third kappa shape index (κ3) is 3.61. The molecule has 1 aliphatic carbocycles. The topological polar surface area (TPSA) is 54.3 Å². The van der Waals surface area contributed by atoms with Crippen LogP contribution >= 0.6 is 0 Å². The van der Waals surface area contributed by atoms with Crippen LogP contribution in [-0.2, 0) is 13.1 Å². The van der Waals surface area contributed by atoms with Crippen LogP contribution in [0.2, 0.25) is 0 Å². The first-order valence-corrected chi connectivity index (χ1v) is 8.87. The summed E-state index contributed by atoms with van der Waals surface area (Å²) in [6, 6.07) is 7.10. The van der Waals surface area contributed by atoms with Crippen molar-refractivity contribution in [3.05, 3.63) is 58.2 Å². The number of benzene rings is 1. The third-order valence-electron chi connectivity index (χ3n) is 5.33. The quantitative estimate of drug-likeness (QED) is 0.832. The summed E-state index contributed by atoms with van der Waals surface area (Å²) >= 11 is 0. The van der Waals surface area contributed by atoms with E-state index in [0.29, 0.717) is 36.0 Å².